The van der Waals surface area contributed by atoms with Gasteiger partial charge in [0.2, 0.25) is 0 Å². The van der Waals surface area contributed by atoms with Crippen molar-refractivity contribution in [2.45, 2.75) is 13.3 Å². The van der Waals surface area contributed by atoms with Crippen LogP contribution >= 0.6 is 11.3 Å². The maximum Gasteiger partial charge on any atom is 0.268 e. The van der Waals surface area contributed by atoms with Crippen molar-refractivity contribution in [3.8, 4) is 0 Å². The van der Waals surface area contributed by atoms with Gasteiger partial charge in [0.15, 0.2) is 5.13 Å². The van der Waals surface area contributed by atoms with Crippen LogP contribution in [0.25, 0.3) is 10.1 Å². The molecule has 0 N–H and O–H groups in total. The summed E-state index contributed by atoms with van der Waals surface area (Å²) in [6.45, 7) is 1.85. The number of rotatable bonds is 1. The Bertz CT molecular complexity index is 473. The molecular weight excluding hydrogens is 209 g/mol. The van der Waals surface area contributed by atoms with E-state index in [1.54, 1.807) is 18.2 Å². The molecule has 0 amide bonds. The average Bonchev–Trinajstić information content (AvgIpc) is 2.39. The van der Waals surface area contributed by atoms with Gasteiger partial charge in [-0.25, -0.2) is 8.78 Å². The molecule has 14 heavy (non-hydrogen) atoms. The van der Waals surface area contributed by atoms with Crippen LogP contribution < -0.4 is 0 Å². The Morgan fingerprint density at radius 1 is 1.29 bits per heavy atom. The summed E-state index contributed by atoms with van der Waals surface area (Å²) in [5.74, 6) is 0. The van der Waals surface area contributed by atoms with Crippen LogP contribution in [0.4, 0.5) is 13.2 Å². The van der Waals surface area contributed by atoms with E-state index >= 15 is 0 Å². The van der Waals surface area contributed by atoms with E-state index in [1.165, 1.54) is 0 Å². The Labute approximate surface area is 83.0 Å². The second-order valence-electron chi connectivity index (χ2n) is 3.09. The molecule has 2 rings (SSSR count). The molecule has 0 radical (unpaired) electrons. The molecule has 0 spiro atoms. The molecule has 0 saturated heterocycles. The average molecular weight is 216 g/mol. The maximum absolute atomic E-state index is 13.1. The second kappa shape index (κ2) is 3.28. The number of aryl methyl sites for hydroxylation is 1. The van der Waals surface area contributed by atoms with Crippen molar-refractivity contribution < 1.29 is 13.2 Å². The predicted molar refractivity (Wildman–Crippen MR) is 51.5 cm³/mol. The lowest BCUT2D eigenvalue weighted by Crippen LogP contribution is -1.84. The summed E-state index contributed by atoms with van der Waals surface area (Å²) in [7, 11) is 0. The van der Waals surface area contributed by atoms with E-state index in [-0.39, 0.29) is 0 Å². The minimum absolute atomic E-state index is 0.327. The first-order chi connectivity index (χ1) is 6.59. The number of fused-ring (bicyclic) bond motifs is 1. The first-order valence-corrected chi connectivity index (χ1v) is 4.88. The van der Waals surface area contributed by atoms with E-state index in [9.17, 15) is 13.2 Å². The van der Waals surface area contributed by atoms with E-state index in [2.05, 4.69) is 0 Å². The zero-order valence-electron chi connectivity index (χ0n) is 7.35. The van der Waals surface area contributed by atoms with E-state index in [4.69, 9.17) is 0 Å². The molecule has 0 atom stereocenters. The third-order valence-electron chi connectivity index (χ3n) is 2.06. The van der Waals surface area contributed by atoms with Gasteiger partial charge in [-0.1, -0.05) is 12.1 Å². The van der Waals surface area contributed by atoms with Crippen molar-refractivity contribution >= 4 is 21.4 Å². The molecule has 0 fully saturated rings. The van der Waals surface area contributed by atoms with Crippen LogP contribution in [0.1, 0.15) is 17.6 Å². The molecule has 0 aliphatic carbocycles. The van der Waals surface area contributed by atoms with Gasteiger partial charge in [-0.2, -0.15) is 4.39 Å². The Hall–Kier alpha value is -1.03. The van der Waals surface area contributed by atoms with Crippen LogP contribution in [0.15, 0.2) is 18.2 Å². The van der Waals surface area contributed by atoms with Gasteiger partial charge < -0.3 is 0 Å². The SMILES string of the molecule is Cc1ccc2c(C(F)F)c(F)sc2c1. The Balaban J connectivity index is 2.77. The molecule has 4 heteroatoms. The largest absolute Gasteiger partial charge is 0.268 e. The van der Waals surface area contributed by atoms with Crippen LogP contribution in [-0.4, -0.2) is 0 Å². The van der Waals surface area contributed by atoms with Crippen LogP contribution in [0.2, 0.25) is 0 Å². The molecule has 2 aromatic rings. The fraction of sp³-hybridized carbons (Fsp3) is 0.200. The highest BCUT2D eigenvalue weighted by molar-refractivity contribution is 7.17. The molecule has 0 bridgehead atoms. The molecule has 0 nitrogen and oxygen atoms in total. The summed E-state index contributed by atoms with van der Waals surface area (Å²) in [6, 6.07) is 4.97. The lowest BCUT2D eigenvalue weighted by Gasteiger charge is -1.97. The normalized spacial score (nSPS) is 11.5. The fourth-order valence-electron chi connectivity index (χ4n) is 1.40. The summed E-state index contributed by atoms with van der Waals surface area (Å²) < 4.78 is 38.6. The van der Waals surface area contributed by atoms with Crippen LogP contribution in [0.3, 0.4) is 0 Å². The molecule has 74 valence electrons. The zero-order chi connectivity index (χ0) is 10.3. The van der Waals surface area contributed by atoms with Crippen molar-refractivity contribution in [1.82, 2.24) is 0 Å². The van der Waals surface area contributed by atoms with Gasteiger partial charge in [0, 0.05) is 10.1 Å². The van der Waals surface area contributed by atoms with Gasteiger partial charge >= 0.3 is 0 Å². The second-order valence-corrected chi connectivity index (χ2v) is 4.09. The Morgan fingerprint density at radius 2 is 2.00 bits per heavy atom. The number of thiophene rings is 1. The van der Waals surface area contributed by atoms with Crippen LogP contribution in [0.5, 0.6) is 0 Å². The fourth-order valence-corrected chi connectivity index (χ4v) is 2.43. The first kappa shape index (κ1) is 9.52. The summed E-state index contributed by atoms with van der Waals surface area (Å²) in [4.78, 5) is 0. The molecule has 1 aromatic carbocycles. The van der Waals surface area contributed by atoms with E-state index in [0.29, 0.717) is 10.1 Å². The number of hydrogen-bond acceptors (Lipinski definition) is 1. The molecule has 1 heterocycles. The molecule has 0 aliphatic heterocycles. The van der Waals surface area contributed by atoms with Crippen LogP contribution in [0, 0.1) is 12.1 Å². The van der Waals surface area contributed by atoms with Crippen molar-refractivity contribution in [3.05, 3.63) is 34.5 Å². The maximum atomic E-state index is 13.1. The van der Waals surface area contributed by atoms with Crippen molar-refractivity contribution in [1.29, 1.82) is 0 Å². The van der Waals surface area contributed by atoms with Crippen LogP contribution in [-0.2, 0) is 0 Å². The van der Waals surface area contributed by atoms with Gasteiger partial charge in [0.05, 0.1) is 5.56 Å². The van der Waals surface area contributed by atoms with E-state index in [0.717, 1.165) is 16.9 Å². The number of hydrogen-bond donors (Lipinski definition) is 0. The zero-order valence-corrected chi connectivity index (χ0v) is 8.17. The molecule has 0 saturated carbocycles. The summed E-state index contributed by atoms with van der Waals surface area (Å²) in [5, 5.41) is -0.450. The monoisotopic (exact) mass is 216 g/mol. The molecule has 0 aliphatic rings. The van der Waals surface area contributed by atoms with Crippen molar-refractivity contribution in [2.24, 2.45) is 0 Å². The molecule has 0 unspecified atom stereocenters. The third kappa shape index (κ3) is 1.39. The van der Waals surface area contributed by atoms with Gasteiger partial charge in [-0.05, 0) is 18.6 Å². The first-order valence-electron chi connectivity index (χ1n) is 4.06. The predicted octanol–water partition coefficient (Wildman–Crippen LogP) is 4.29. The highest BCUT2D eigenvalue weighted by atomic mass is 32.1. The lowest BCUT2D eigenvalue weighted by molar-refractivity contribution is 0.149. The summed E-state index contributed by atoms with van der Waals surface area (Å²) >= 11 is 0.775. The molecular formula is C10H7F3S. The lowest BCUT2D eigenvalue weighted by atomic mass is 10.1. The topological polar surface area (TPSA) is 0 Å². The Kier molecular flexibility index (Phi) is 2.23. The smallest absolute Gasteiger partial charge is 0.205 e. The summed E-state index contributed by atoms with van der Waals surface area (Å²) in [5.41, 5.74) is 0.476. The van der Waals surface area contributed by atoms with Crippen molar-refractivity contribution in [3.63, 3.8) is 0 Å². The van der Waals surface area contributed by atoms with Gasteiger partial charge in [-0.15, -0.1) is 11.3 Å². The highest BCUT2D eigenvalue weighted by Crippen LogP contribution is 2.36. The van der Waals surface area contributed by atoms with Crippen molar-refractivity contribution in [2.75, 3.05) is 0 Å². The number of benzene rings is 1. The van der Waals surface area contributed by atoms with Gasteiger partial charge in [0.1, 0.15) is 0 Å². The number of halogens is 3. The third-order valence-corrected chi connectivity index (χ3v) is 3.01. The van der Waals surface area contributed by atoms with Gasteiger partial charge in [-0.3, -0.25) is 0 Å². The Morgan fingerprint density at radius 3 is 2.64 bits per heavy atom. The highest BCUT2D eigenvalue weighted by Gasteiger charge is 2.19. The quantitative estimate of drug-likeness (QED) is 0.667. The van der Waals surface area contributed by atoms with E-state index < -0.39 is 17.1 Å². The minimum Gasteiger partial charge on any atom is -0.205 e. The molecule has 1 aromatic heterocycles. The van der Waals surface area contributed by atoms with Gasteiger partial charge in [0.25, 0.3) is 6.43 Å². The van der Waals surface area contributed by atoms with E-state index in [1.807, 2.05) is 6.92 Å². The summed E-state index contributed by atoms with van der Waals surface area (Å²) in [6.07, 6.45) is -2.74. The number of alkyl halides is 2. The minimum atomic E-state index is -2.74. The standard InChI is InChI=1S/C10H7F3S/c1-5-2-3-6-7(4-5)14-10(13)8(6)9(11)12/h2-4,9H,1H3.